The first kappa shape index (κ1) is 8.81. The van der Waals surface area contributed by atoms with Gasteiger partial charge in [-0.25, -0.2) is 4.98 Å². The molecule has 1 N–H and O–H groups in total. The Labute approximate surface area is 96.4 Å². The smallest absolute Gasteiger partial charge is 0.231 e. The summed E-state index contributed by atoms with van der Waals surface area (Å²) in [6.07, 6.45) is 0. The van der Waals surface area contributed by atoms with Crippen molar-refractivity contribution in [3.63, 3.8) is 0 Å². The van der Waals surface area contributed by atoms with E-state index in [-0.39, 0.29) is 6.79 Å². The summed E-state index contributed by atoms with van der Waals surface area (Å²) in [7, 11) is 0. The molecule has 0 saturated carbocycles. The number of hydrogen-bond donors (Lipinski definition) is 1. The molecule has 3 heterocycles. The predicted octanol–water partition coefficient (Wildman–Crippen LogP) is 2.15. The number of ether oxygens (including phenoxy) is 2. The van der Waals surface area contributed by atoms with Crippen LogP contribution in [0.5, 0.6) is 11.5 Å². The summed E-state index contributed by atoms with van der Waals surface area (Å²) in [6, 6.07) is 5.91. The fraction of sp³-hybridized carbons (Fsp3) is 0.167. The SMILES string of the molecule is Cc1[nH]nc2nc3cc4c(cc3cc12)OCO4. The Morgan fingerprint density at radius 1 is 1.18 bits per heavy atom. The van der Waals surface area contributed by atoms with E-state index in [1.165, 1.54) is 0 Å². The van der Waals surface area contributed by atoms with Crippen molar-refractivity contribution in [2.75, 3.05) is 6.79 Å². The number of benzene rings is 1. The van der Waals surface area contributed by atoms with E-state index in [0.29, 0.717) is 0 Å². The fourth-order valence-electron chi connectivity index (χ4n) is 2.11. The highest BCUT2D eigenvalue weighted by Gasteiger charge is 2.15. The number of fused-ring (bicyclic) bond motifs is 3. The van der Waals surface area contributed by atoms with Gasteiger partial charge in [0.25, 0.3) is 0 Å². The van der Waals surface area contributed by atoms with E-state index in [1.807, 2.05) is 19.1 Å². The highest BCUT2D eigenvalue weighted by molar-refractivity contribution is 5.93. The van der Waals surface area contributed by atoms with Crippen LogP contribution in [0.15, 0.2) is 18.2 Å². The van der Waals surface area contributed by atoms with E-state index in [4.69, 9.17) is 9.47 Å². The lowest BCUT2D eigenvalue weighted by Gasteiger charge is -2.00. The van der Waals surface area contributed by atoms with Gasteiger partial charge in [-0.2, -0.15) is 5.10 Å². The van der Waals surface area contributed by atoms with Crippen molar-refractivity contribution in [2.24, 2.45) is 0 Å². The van der Waals surface area contributed by atoms with Gasteiger partial charge in [-0.1, -0.05) is 0 Å². The van der Waals surface area contributed by atoms with Gasteiger partial charge < -0.3 is 9.47 Å². The second-order valence-electron chi connectivity index (χ2n) is 4.11. The molecule has 0 aliphatic carbocycles. The Balaban J connectivity index is 2.13. The minimum Gasteiger partial charge on any atom is -0.454 e. The second-order valence-corrected chi connectivity index (χ2v) is 4.11. The normalized spacial score (nSPS) is 13.7. The number of H-pyrrole nitrogens is 1. The van der Waals surface area contributed by atoms with Gasteiger partial charge in [0.15, 0.2) is 17.1 Å². The van der Waals surface area contributed by atoms with Gasteiger partial charge in [0.2, 0.25) is 6.79 Å². The minimum atomic E-state index is 0.280. The maximum atomic E-state index is 5.36. The molecule has 0 radical (unpaired) electrons. The topological polar surface area (TPSA) is 60.0 Å². The standard InChI is InChI=1S/C12H9N3O2/c1-6-8-2-7-3-10-11(17-5-16-10)4-9(7)13-12(8)15-14-6/h2-4H,5H2,1H3,(H,13,14,15). The molecule has 1 aliphatic rings. The number of nitrogens with one attached hydrogen (secondary N) is 1. The second kappa shape index (κ2) is 2.88. The molecule has 84 valence electrons. The van der Waals surface area contributed by atoms with E-state index in [1.54, 1.807) is 0 Å². The summed E-state index contributed by atoms with van der Waals surface area (Å²) in [5.41, 5.74) is 2.62. The molecule has 1 aliphatic heterocycles. The zero-order chi connectivity index (χ0) is 11.4. The third-order valence-electron chi connectivity index (χ3n) is 3.02. The molecule has 2 aromatic heterocycles. The number of pyridine rings is 1. The van der Waals surface area contributed by atoms with Crippen molar-refractivity contribution in [1.29, 1.82) is 0 Å². The lowest BCUT2D eigenvalue weighted by molar-refractivity contribution is 0.174. The Hall–Kier alpha value is -2.30. The molecule has 17 heavy (non-hydrogen) atoms. The number of rotatable bonds is 0. The van der Waals surface area contributed by atoms with E-state index in [0.717, 1.165) is 39.1 Å². The molecular formula is C12H9N3O2. The molecule has 4 rings (SSSR count). The molecular weight excluding hydrogens is 218 g/mol. The molecule has 1 aromatic carbocycles. The lowest BCUT2D eigenvalue weighted by atomic mass is 10.1. The third-order valence-corrected chi connectivity index (χ3v) is 3.02. The van der Waals surface area contributed by atoms with Crippen LogP contribution in [0.25, 0.3) is 21.9 Å². The average Bonchev–Trinajstić information content (AvgIpc) is 2.91. The monoisotopic (exact) mass is 227 g/mol. The highest BCUT2D eigenvalue weighted by Crippen LogP contribution is 2.36. The number of aromatic amines is 1. The van der Waals surface area contributed by atoms with Crippen molar-refractivity contribution in [2.45, 2.75) is 6.92 Å². The van der Waals surface area contributed by atoms with Crippen LogP contribution in [0, 0.1) is 6.92 Å². The van der Waals surface area contributed by atoms with Crippen LogP contribution in [-0.2, 0) is 0 Å². The van der Waals surface area contributed by atoms with Crippen LogP contribution < -0.4 is 9.47 Å². The zero-order valence-corrected chi connectivity index (χ0v) is 9.15. The molecule has 0 unspecified atom stereocenters. The fourth-order valence-corrected chi connectivity index (χ4v) is 2.11. The van der Waals surface area contributed by atoms with E-state index in [9.17, 15) is 0 Å². The van der Waals surface area contributed by atoms with E-state index >= 15 is 0 Å². The summed E-state index contributed by atoms with van der Waals surface area (Å²) in [5, 5.41) is 9.16. The number of aromatic nitrogens is 3. The van der Waals surface area contributed by atoms with Gasteiger partial charge >= 0.3 is 0 Å². The third kappa shape index (κ3) is 1.13. The molecule has 0 bridgehead atoms. The van der Waals surface area contributed by atoms with E-state index in [2.05, 4.69) is 21.2 Å². The van der Waals surface area contributed by atoms with Gasteiger partial charge in [-0.15, -0.1) is 0 Å². The Morgan fingerprint density at radius 2 is 2.00 bits per heavy atom. The van der Waals surface area contributed by atoms with Gasteiger partial charge in [0.05, 0.1) is 5.52 Å². The Bertz CT molecular complexity index is 748. The first-order valence-corrected chi connectivity index (χ1v) is 5.36. The Kier molecular flexibility index (Phi) is 1.49. The van der Waals surface area contributed by atoms with Crippen LogP contribution in [0.1, 0.15) is 5.69 Å². The van der Waals surface area contributed by atoms with Crippen molar-refractivity contribution < 1.29 is 9.47 Å². The van der Waals surface area contributed by atoms with Crippen LogP contribution in [0.3, 0.4) is 0 Å². The van der Waals surface area contributed by atoms with E-state index < -0.39 is 0 Å². The average molecular weight is 227 g/mol. The minimum absolute atomic E-state index is 0.280. The maximum absolute atomic E-state index is 5.36. The van der Waals surface area contributed by atoms with Crippen molar-refractivity contribution >= 4 is 21.9 Å². The zero-order valence-electron chi connectivity index (χ0n) is 9.15. The van der Waals surface area contributed by atoms with Crippen LogP contribution in [0.2, 0.25) is 0 Å². The number of hydrogen-bond acceptors (Lipinski definition) is 4. The summed E-state index contributed by atoms with van der Waals surface area (Å²) in [4.78, 5) is 4.50. The number of aryl methyl sites for hydroxylation is 1. The van der Waals surface area contributed by atoms with Crippen LogP contribution in [-0.4, -0.2) is 22.0 Å². The molecule has 0 saturated heterocycles. The molecule has 0 fully saturated rings. The lowest BCUT2D eigenvalue weighted by Crippen LogP contribution is -1.92. The molecule has 0 atom stereocenters. The maximum Gasteiger partial charge on any atom is 0.231 e. The van der Waals surface area contributed by atoms with Gasteiger partial charge in [-0.05, 0) is 19.1 Å². The summed E-state index contributed by atoms with van der Waals surface area (Å²) < 4.78 is 10.7. The molecule has 5 nitrogen and oxygen atoms in total. The quantitative estimate of drug-likeness (QED) is 0.639. The summed E-state index contributed by atoms with van der Waals surface area (Å²) in [6.45, 7) is 2.26. The van der Waals surface area contributed by atoms with Crippen LogP contribution in [0.4, 0.5) is 0 Å². The molecule has 0 spiro atoms. The highest BCUT2D eigenvalue weighted by atomic mass is 16.7. The molecule has 0 amide bonds. The van der Waals surface area contributed by atoms with Gasteiger partial charge in [-0.3, -0.25) is 5.10 Å². The van der Waals surface area contributed by atoms with Crippen molar-refractivity contribution in [3.8, 4) is 11.5 Å². The van der Waals surface area contributed by atoms with Crippen molar-refractivity contribution in [1.82, 2.24) is 15.2 Å². The van der Waals surface area contributed by atoms with Gasteiger partial charge in [0.1, 0.15) is 0 Å². The summed E-state index contributed by atoms with van der Waals surface area (Å²) in [5.74, 6) is 1.52. The van der Waals surface area contributed by atoms with Crippen LogP contribution >= 0.6 is 0 Å². The van der Waals surface area contributed by atoms with Crippen molar-refractivity contribution in [3.05, 3.63) is 23.9 Å². The number of nitrogens with zero attached hydrogens (tertiary/aromatic N) is 2. The first-order valence-electron chi connectivity index (χ1n) is 5.36. The Morgan fingerprint density at radius 3 is 2.88 bits per heavy atom. The summed E-state index contributed by atoms with van der Waals surface area (Å²) >= 11 is 0. The molecule has 3 aromatic rings. The largest absolute Gasteiger partial charge is 0.454 e. The first-order chi connectivity index (χ1) is 8.31. The predicted molar refractivity (Wildman–Crippen MR) is 62.3 cm³/mol. The van der Waals surface area contributed by atoms with Gasteiger partial charge in [0, 0.05) is 22.5 Å². The molecule has 5 heteroatoms.